The zero-order valence-electron chi connectivity index (χ0n) is 28.1. The highest BCUT2D eigenvalue weighted by Gasteiger charge is 2.32. The highest BCUT2D eigenvalue weighted by molar-refractivity contribution is 7.86. The van der Waals surface area contributed by atoms with Gasteiger partial charge in [-0.2, -0.15) is 8.42 Å². The number of aliphatic hydroxyl groups excluding tert-OH is 1. The van der Waals surface area contributed by atoms with Crippen LogP contribution in [0.5, 0.6) is 0 Å². The van der Waals surface area contributed by atoms with Crippen molar-refractivity contribution < 1.29 is 42.0 Å². The van der Waals surface area contributed by atoms with Gasteiger partial charge < -0.3 is 36.8 Å². The second-order valence-corrected chi connectivity index (χ2v) is 13.7. The summed E-state index contributed by atoms with van der Waals surface area (Å²) in [5, 5.41) is 20.1. The Morgan fingerprint density at radius 2 is 1.59 bits per heavy atom. The van der Waals surface area contributed by atoms with Gasteiger partial charge in [-0.05, 0) is 58.7 Å². The second kappa shape index (κ2) is 17.5. The molecule has 15 heteroatoms. The fourth-order valence-corrected chi connectivity index (χ4v) is 5.97. The van der Waals surface area contributed by atoms with E-state index in [1.54, 1.807) is 13.8 Å². The molecule has 0 saturated carbocycles. The van der Waals surface area contributed by atoms with Gasteiger partial charge in [-0.1, -0.05) is 80.3 Å². The first-order valence-corrected chi connectivity index (χ1v) is 17.8. The quantitative estimate of drug-likeness (QED) is 0.0738. The summed E-state index contributed by atoms with van der Waals surface area (Å²) in [6.07, 6.45) is -0.476. The first-order valence-electron chi connectivity index (χ1n) is 16.2. The van der Waals surface area contributed by atoms with Gasteiger partial charge in [0.25, 0.3) is 10.1 Å². The average Bonchev–Trinajstić information content (AvgIpc) is 3.40. The molecule has 270 valence electrons. The van der Waals surface area contributed by atoms with Crippen molar-refractivity contribution in [2.45, 2.75) is 51.3 Å². The minimum absolute atomic E-state index is 0.0431. The number of amides is 5. The molecule has 51 heavy (non-hydrogen) atoms. The van der Waals surface area contributed by atoms with Crippen molar-refractivity contribution >= 4 is 39.7 Å². The molecule has 0 saturated heterocycles. The van der Waals surface area contributed by atoms with Crippen molar-refractivity contribution in [2.75, 3.05) is 24.2 Å². The standard InChI is InChI=1S/C36H41N5O9S/c1-22(2)32(41-36(46)50-21-30-28-12-5-3-10-26(28)27-11-4-6-13-29(27)30)34(44)40-31(14-7-17-38-35(37)45)33(43)39-25-16-15-24(20-42)23(19-25)9-8-18-51(47,48)49/h3-6,10-13,15-16,19,22,30-32,42H,7,14,17-18,20-21H2,1-2H3,(H,39,43)(H,40,44)(H,41,46)(H3,37,38,45)(H,47,48,49)/t31-,32-/m0/s1. The molecule has 8 N–H and O–H groups in total. The lowest BCUT2D eigenvalue weighted by molar-refractivity contribution is -0.128. The van der Waals surface area contributed by atoms with E-state index in [1.165, 1.54) is 18.2 Å². The molecule has 3 aromatic rings. The zero-order valence-corrected chi connectivity index (χ0v) is 29.0. The number of nitrogens with one attached hydrogen (secondary N) is 4. The van der Waals surface area contributed by atoms with E-state index < -0.39 is 64.4 Å². The van der Waals surface area contributed by atoms with Crippen LogP contribution in [0.25, 0.3) is 11.1 Å². The van der Waals surface area contributed by atoms with Crippen molar-refractivity contribution in [3.8, 4) is 23.0 Å². The number of aliphatic hydroxyl groups is 1. The minimum atomic E-state index is -4.35. The van der Waals surface area contributed by atoms with Crippen LogP contribution in [0.2, 0.25) is 0 Å². The van der Waals surface area contributed by atoms with Crippen LogP contribution in [0.4, 0.5) is 15.3 Å². The number of nitrogens with two attached hydrogens (primary N) is 1. The van der Waals surface area contributed by atoms with Crippen molar-refractivity contribution in [2.24, 2.45) is 11.7 Å². The summed E-state index contributed by atoms with van der Waals surface area (Å²) in [7, 11) is -4.35. The normalized spacial score (nSPS) is 13.1. The molecule has 1 aliphatic carbocycles. The summed E-state index contributed by atoms with van der Waals surface area (Å²) >= 11 is 0. The van der Waals surface area contributed by atoms with Gasteiger partial charge in [-0.3, -0.25) is 14.1 Å². The third kappa shape index (κ3) is 10.8. The van der Waals surface area contributed by atoms with E-state index in [9.17, 15) is 32.7 Å². The monoisotopic (exact) mass is 719 g/mol. The van der Waals surface area contributed by atoms with E-state index in [4.69, 9.17) is 15.0 Å². The molecule has 0 bridgehead atoms. The lowest BCUT2D eigenvalue weighted by atomic mass is 9.98. The van der Waals surface area contributed by atoms with Crippen molar-refractivity contribution in [3.63, 3.8) is 0 Å². The Morgan fingerprint density at radius 1 is 0.941 bits per heavy atom. The van der Waals surface area contributed by atoms with Gasteiger partial charge in [-0.15, -0.1) is 0 Å². The molecule has 3 aromatic carbocycles. The number of anilines is 1. The van der Waals surface area contributed by atoms with E-state index in [0.717, 1.165) is 22.3 Å². The Morgan fingerprint density at radius 3 is 2.18 bits per heavy atom. The lowest BCUT2D eigenvalue weighted by Gasteiger charge is -2.25. The number of carbonyl (C=O) groups excluding carboxylic acids is 4. The molecule has 4 rings (SSSR count). The van der Waals surface area contributed by atoms with Gasteiger partial charge in [0.2, 0.25) is 11.8 Å². The number of hydrogen-bond donors (Lipinski definition) is 7. The molecule has 0 aromatic heterocycles. The SMILES string of the molecule is CC(C)[C@H](NC(=O)OCC1c2ccccc2-c2ccccc21)C(=O)N[C@@H](CCCNC(N)=O)C(=O)Nc1ccc(CO)c(C#CCS(=O)(=O)O)c1. The van der Waals surface area contributed by atoms with E-state index in [1.807, 2.05) is 48.5 Å². The Bertz CT molecular complexity index is 1890. The Labute approximate surface area is 296 Å². The van der Waals surface area contributed by atoms with Gasteiger partial charge in [0.15, 0.2) is 0 Å². The van der Waals surface area contributed by atoms with Gasteiger partial charge >= 0.3 is 12.1 Å². The van der Waals surface area contributed by atoms with E-state index in [-0.39, 0.29) is 43.2 Å². The third-order valence-electron chi connectivity index (χ3n) is 8.19. The molecule has 0 fully saturated rings. The first kappa shape index (κ1) is 38.4. The van der Waals surface area contributed by atoms with Crippen molar-refractivity contribution in [1.82, 2.24) is 16.0 Å². The fraction of sp³-hybridized carbons (Fsp3) is 0.333. The molecule has 1 aliphatic rings. The van der Waals surface area contributed by atoms with Crippen molar-refractivity contribution in [3.05, 3.63) is 89.0 Å². The number of primary amides is 1. The summed E-state index contributed by atoms with van der Waals surface area (Å²) < 4.78 is 36.7. The highest BCUT2D eigenvalue weighted by Crippen LogP contribution is 2.44. The predicted octanol–water partition coefficient (Wildman–Crippen LogP) is 2.85. The first-order chi connectivity index (χ1) is 24.3. The predicted molar refractivity (Wildman–Crippen MR) is 190 cm³/mol. The maximum Gasteiger partial charge on any atom is 0.407 e. The number of hydrogen-bond acceptors (Lipinski definition) is 8. The molecule has 0 unspecified atom stereocenters. The number of carbonyl (C=O) groups is 4. The minimum Gasteiger partial charge on any atom is -0.449 e. The number of alkyl carbamates (subject to hydrolysis) is 1. The number of benzene rings is 3. The molecular weight excluding hydrogens is 678 g/mol. The molecule has 0 radical (unpaired) electrons. The maximum atomic E-state index is 13.6. The van der Waals surface area contributed by atoms with Gasteiger partial charge in [-0.25, -0.2) is 9.59 Å². The average molecular weight is 720 g/mol. The number of ether oxygens (including phenoxy) is 1. The maximum absolute atomic E-state index is 13.6. The summed E-state index contributed by atoms with van der Waals surface area (Å²) in [5.41, 5.74) is 10.1. The summed E-state index contributed by atoms with van der Waals surface area (Å²) in [4.78, 5) is 51.3. The Kier molecular flexibility index (Phi) is 13.2. The summed E-state index contributed by atoms with van der Waals surface area (Å²) in [6.45, 7) is 3.20. The van der Waals surface area contributed by atoms with Crippen LogP contribution in [-0.4, -0.2) is 73.0 Å². The smallest absolute Gasteiger partial charge is 0.407 e. The van der Waals surface area contributed by atoms with Crippen LogP contribution in [0.15, 0.2) is 66.7 Å². The highest BCUT2D eigenvalue weighted by atomic mass is 32.2. The molecule has 5 amide bonds. The number of fused-ring (bicyclic) bond motifs is 3. The van der Waals surface area contributed by atoms with Crippen molar-refractivity contribution in [1.29, 1.82) is 0 Å². The van der Waals surface area contributed by atoms with E-state index in [2.05, 4.69) is 33.1 Å². The van der Waals surface area contributed by atoms with Crippen LogP contribution >= 0.6 is 0 Å². The second-order valence-electron chi connectivity index (χ2n) is 12.2. The molecule has 0 spiro atoms. The summed E-state index contributed by atoms with van der Waals surface area (Å²) in [6, 6.07) is 17.2. The molecular formula is C36H41N5O9S. The molecule has 2 atom stereocenters. The summed E-state index contributed by atoms with van der Waals surface area (Å²) in [5.74, 6) is 2.16. The topological polar surface area (TPSA) is 226 Å². The zero-order chi connectivity index (χ0) is 37.1. The van der Waals surface area contributed by atoms with Crippen LogP contribution in [0, 0.1) is 17.8 Å². The van der Waals surface area contributed by atoms with Gasteiger partial charge in [0.1, 0.15) is 24.4 Å². The lowest BCUT2D eigenvalue weighted by Crippen LogP contribution is -2.54. The number of urea groups is 1. The van der Waals surface area contributed by atoms with Crippen LogP contribution in [-0.2, 0) is 31.1 Å². The largest absolute Gasteiger partial charge is 0.449 e. The van der Waals surface area contributed by atoms with Crippen LogP contribution in [0.3, 0.4) is 0 Å². The van der Waals surface area contributed by atoms with Crippen LogP contribution in [0.1, 0.15) is 54.9 Å². The Balaban J connectivity index is 1.45. The van der Waals surface area contributed by atoms with Gasteiger partial charge in [0.05, 0.1) is 6.61 Å². The third-order valence-corrected chi connectivity index (χ3v) is 8.70. The number of rotatable bonds is 14. The van der Waals surface area contributed by atoms with Crippen LogP contribution < -0.4 is 27.0 Å². The van der Waals surface area contributed by atoms with Gasteiger partial charge in [0, 0.05) is 23.7 Å². The van der Waals surface area contributed by atoms with E-state index in [0.29, 0.717) is 5.56 Å². The van der Waals surface area contributed by atoms with E-state index >= 15 is 0 Å². The molecule has 0 heterocycles. The Hall–Kier alpha value is -5.43. The molecule has 14 nitrogen and oxygen atoms in total. The molecule has 0 aliphatic heterocycles. The fourth-order valence-electron chi connectivity index (χ4n) is 5.71.